The van der Waals surface area contributed by atoms with Crippen LogP contribution < -0.4 is 10.1 Å². The highest BCUT2D eigenvalue weighted by molar-refractivity contribution is 5.75. The first-order valence-electron chi connectivity index (χ1n) is 6.10. The number of aromatic nitrogens is 1. The Morgan fingerprint density at radius 3 is 2.72 bits per heavy atom. The number of nitrogens with zero attached hydrogens (tertiary/aromatic N) is 1. The van der Waals surface area contributed by atoms with Crippen molar-refractivity contribution in [2.24, 2.45) is 0 Å². The summed E-state index contributed by atoms with van der Waals surface area (Å²) in [5.74, 6) is 0.373. The smallest absolute Gasteiger partial charge is 0.323 e. The molecule has 5 heteroatoms. The first-order valence-corrected chi connectivity index (χ1v) is 6.10. The van der Waals surface area contributed by atoms with Gasteiger partial charge in [0, 0.05) is 18.8 Å². The third-order valence-corrected chi connectivity index (χ3v) is 2.54. The van der Waals surface area contributed by atoms with Gasteiger partial charge in [-0.05, 0) is 18.9 Å². The largest absolute Gasteiger partial charge is 0.481 e. The van der Waals surface area contributed by atoms with Gasteiger partial charge >= 0.3 is 5.97 Å². The quantitative estimate of drug-likeness (QED) is 0.746. The number of ether oxygens (including phenoxy) is 2. The highest BCUT2D eigenvalue weighted by Gasteiger charge is 2.16. The fraction of sp³-hybridized carbons (Fsp3) is 0.538. The zero-order valence-electron chi connectivity index (χ0n) is 11.1. The van der Waals surface area contributed by atoms with E-state index in [2.05, 4.69) is 10.3 Å². The van der Waals surface area contributed by atoms with Crippen LogP contribution in [0.1, 0.15) is 25.8 Å². The molecule has 0 aliphatic rings. The fourth-order valence-electron chi connectivity index (χ4n) is 1.51. The van der Waals surface area contributed by atoms with Crippen molar-refractivity contribution in [3.8, 4) is 5.88 Å². The summed E-state index contributed by atoms with van der Waals surface area (Å²) in [5.41, 5.74) is 0.999. The van der Waals surface area contributed by atoms with E-state index in [1.807, 2.05) is 13.0 Å². The molecule has 1 aromatic heterocycles. The molecule has 1 rings (SSSR count). The van der Waals surface area contributed by atoms with Gasteiger partial charge in [0.2, 0.25) is 5.88 Å². The molecule has 0 radical (unpaired) electrons. The van der Waals surface area contributed by atoms with Gasteiger partial charge in [0.25, 0.3) is 0 Å². The summed E-state index contributed by atoms with van der Waals surface area (Å²) >= 11 is 0. The molecule has 100 valence electrons. The molecule has 0 aliphatic carbocycles. The third-order valence-electron chi connectivity index (χ3n) is 2.54. The predicted molar refractivity (Wildman–Crippen MR) is 68.3 cm³/mol. The molecule has 1 heterocycles. The summed E-state index contributed by atoms with van der Waals surface area (Å²) in [5, 5.41) is 3.15. The minimum atomic E-state index is -0.271. The van der Waals surface area contributed by atoms with Crippen LogP contribution in [0.5, 0.6) is 5.88 Å². The average molecular weight is 252 g/mol. The number of esters is 1. The standard InChI is InChI=1S/C13H20N2O3/c1-4-11(13(16)18-5-2)14-8-10-6-7-12(17-3)15-9-10/h6-7,9,11,14H,4-5,8H2,1-3H3. The maximum absolute atomic E-state index is 11.6. The molecule has 1 unspecified atom stereocenters. The molecule has 0 aromatic carbocycles. The second kappa shape index (κ2) is 7.66. The summed E-state index contributed by atoms with van der Waals surface area (Å²) in [7, 11) is 1.58. The van der Waals surface area contributed by atoms with E-state index in [1.165, 1.54) is 0 Å². The minimum Gasteiger partial charge on any atom is -0.481 e. The van der Waals surface area contributed by atoms with Crippen molar-refractivity contribution in [3.63, 3.8) is 0 Å². The van der Waals surface area contributed by atoms with Gasteiger partial charge in [0.15, 0.2) is 0 Å². The average Bonchev–Trinajstić information content (AvgIpc) is 2.40. The number of carbonyl (C=O) groups is 1. The van der Waals surface area contributed by atoms with Crippen LogP contribution in [0.3, 0.4) is 0 Å². The lowest BCUT2D eigenvalue weighted by Gasteiger charge is -2.15. The summed E-state index contributed by atoms with van der Waals surface area (Å²) in [6.45, 7) is 4.73. The number of hydrogen-bond donors (Lipinski definition) is 1. The molecule has 0 amide bonds. The van der Waals surface area contributed by atoms with Crippen LogP contribution in [0.4, 0.5) is 0 Å². The number of hydrogen-bond acceptors (Lipinski definition) is 5. The van der Waals surface area contributed by atoms with E-state index >= 15 is 0 Å². The number of pyridine rings is 1. The van der Waals surface area contributed by atoms with E-state index in [0.29, 0.717) is 25.5 Å². The molecule has 0 fully saturated rings. The molecule has 1 atom stereocenters. The van der Waals surface area contributed by atoms with Crippen LogP contribution in [0.15, 0.2) is 18.3 Å². The van der Waals surface area contributed by atoms with Crippen molar-refractivity contribution in [3.05, 3.63) is 23.9 Å². The van der Waals surface area contributed by atoms with Crippen LogP contribution >= 0.6 is 0 Å². The van der Waals surface area contributed by atoms with Crippen LogP contribution in [-0.2, 0) is 16.1 Å². The first kappa shape index (κ1) is 14.4. The Kier molecular flexibility index (Phi) is 6.14. The Balaban J connectivity index is 2.48. The van der Waals surface area contributed by atoms with Gasteiger partial charge in [-0.1, -0.05) is 13.0 Å². The fourth-order valence-corrected chi connectivity index (χ4v) is 1.51. The van der Waals surface area contributed by atoms with Gasteiger partial charge in [0.05, 0.1) is 13.7 Å². The second-order valence-electron chi connectivity index (χ2n) is 3.80. The molecule has 0 saturated heterocycles. The van der Waals surface area contributed by atoms with Crippen molar-refractivity contribution < 1.29 is 14.3 Å². The van der Waals surface area contributed by atoms with Crippen LogP contribution in [-0.4, -0.2) is 30.7 Å². The van der Waals surface area contributed by atoms with Gasteiger partial charge in [-0.2, -0.15) is 0 Å². The molecule has 5 nitrogen and oxygen atoms in total. The maximum atomic E-state index is 11.6. The van der Waals surface area contributed by atoms with E-state index in [0.717, 1.165) is 5.56 Å². The summed E-state index contributed by atoms with van der Waals surface area (Å²) < 4.78 is 9.96. The molecule has 0 spiro atoms. The number of nitrogens with one attached hydrogen (secondary N) is 1. The number of carbonyl (C=O) groups excluding carboxylic acids is 1. The topological polar surface area (TPSA) is 60.5 Å². The summed E-state index contributed by atoms with van der Waals surface area (Å²) in [6.07, 6.45) is 2.42. The van der Waals surface area contributed by atoms with E-state index in [4.69, 9.17) is 9.47 Å². The van der Waals surface area contributed by atoms with E-state index in [1.54, 1.807) is 26.3 Å². The molecule has 1 aromatic rings. The minimum absolute atomic E-state index is 0.207. The van der Waals surface area contributed by atoms with E-state index in [-0.39, 0.29) is 12.0 Å². The second-order valence-corrected chi connectivity index (χ2v) is 3.80. The van der Waals surface area contributed by atoms with Crippen LogP contribution in [0.2, 0.25) is 0 Å². The van der Waals surface area contributed by atoms with E-state index < -0.39 is 0 Å². The molecule has 1 N–H and O–H groups in total. The van der Waals surface area contributed by atoms with E-state index in [9.17, 15) is 4.79 Å². The molecule has 0 saturated carbocycles. The van der Waals surface area contributed by atoms with Gasteiger partial charge in [-0.15, -0.1) is 0 Å². The molecule has 0 bridgehead atoms. The normalized spacial score (nSPS) is 11.9. The van der Waals surface area contributed by atoms with Gasteiger partial charge < -0.3 is 14.8 Å². The van der Waals surface area contributed by atoms with Crippen LogP contribution in [0, 0.1) is 0 Å². The Bertz CT molecular complexity index is 365. The highest BCUT2D eigenvalue weighted by Crippen LogP contribution is 2.07. The monoisotopic (exact) mass is 252 g/mol. The Morgan fingerprint density at radius 2 is 2.22 bits per heavy atom. The lowest BCUT2D eigenvalue weighted by Crippen LogP contribution is -2.37. The zero-order chi connectivity index (χ0) is 13.4. The van der Waals surface area contributed by atoms with Gasteiger partial charge in [-0.3, -0.25) is 4.79 Å². The zero-order valence-corrected chi connectivity index (χ0v) is 11.1. The maximum Gasteiger partial charge on any atom is 0.323 e. The first-order chi connectivity index (χ1) is 8.71. The molecule has 18 heavy (non-hydrogen) atoms. The highest BCUT2D eigenvalue weighted by atomic mass is 16.5. The molecular weight excluding hydrogens is 232 g/mol. The third kappa shape index (κ3) is 4.33. The predicted octanol–water partition coefficient (Wildman–Crippen LogP) is 1.52. The molecular formula is C13H20N2O3. The van der Waals surface area contributed by atoms with Crippen molar-refractivity contribution in [1.82, 2.24) is 10.3 Å². The van der Waals surface area contributed by atoms with Gasteiger partial charge in [-0.25, -0.2) is 4.98 Å². The van der Waals surface area contributed by atoms with Crippen molar-refractivity contribution in [1.29, 1.82) is 0 Å². The Labute approximate surface area is 108 Å². The van der Waals surface area contributed by atoms with Crippen molar-refractivity contribution >= 4 is 5.97 Å². The van der Waals surface area contributed by atoms with Crippen molar-refractivity contribution in [2.45, 2.75) is 32.9 Å². The number of methoxy groups -OCH3 is 1. The molecule has 0 aliphatic heterocycles. The Morgan fingerprint density at radius 1 is 1.44 bits per heavy atom. The SMILES string of the molecule is CCOC(=O)C(CC)NCc1ccc(OC)nc1. The summed E-state index contributed by atoms with van der Waals surface area (Å²) in [6, 6.07) is 3.44. The summed E-state index contributed by atoms with van der Waals surface area (Å²) in [4.78, 5) is 15.7. The number of rotatable bonds is 7. The lowest BCUT2D eigenvalue weighted by atomic mass is 10.2. The lowest BCUT2D eigenvalue weighted by molar-refractivity contribution is -0.145. The van der Waals surface area contributed by atoms with Gasteiger partial charge in [0.1, 0.15) is 6.04 Å². The van der Waals surface area contributed by atoms with Crippen molar-refractivity contribution in [2.75, 3.05) is 13.7 Å². The Hall–Kier alpha value is -1.62. The van der Waals surface area contributed by atoms with Crippen LogP contribution in [0.25, 0.3) is 0 Å².